The number of aromatic nitrogens is 3. The van der Waals surface area contributed by atoms with Gasteiger partial charge in [0.1, 0.15) is 0 Å². The summed E-state index contributed by atoms with van der Waals surface area (Å²) >= 11 is 0. The molecule has 0 spiro atoms. The second-order valence-electron chi connectivity index (χ2n) is 7.54. The average molecular weight is 355 g/mol. The molecule has 2 aromatic carbocycles. The minimum absolute atomic E-state index is 0.116. The normalized spacial score (nSPS) is 11.5. The SMILES string of the molecule is CC(C)(C)c1ccc(-c2nnc(-c3cccc(-c4ccccn4)c3)o2)cc1. The largest absolute Gasteiger partial charge is 0.416 e. The lowest BCUT2D eigenvalue weighted by atomic mass is 9.87. The number of pyridine rings is 1. The lowest BCUT2D eigenvalue weighted by Crippen LogP contribution is -2.10. The monoisotopic (exact) mass is 355 g/mol. The second-order valence-corrected chi connectivity index (χ2v) is 7.54. The second kappa shape index (κ2) is 6.80. The Morgan fingerprint density at radius 2 is 1.41 bits per heavy atom. The predicted octanol–water partition coefficient (Wildman–Crippen LogP) is 5.76. The molecule has 0 bridgehead atoms. The topological polar surface area (TPSA) is 51.8 Å². The Kier molecular flexibility index (Phi) is 4.32. The van der Waals surface area contributed by atoms with E-state index in [1.165, 1.54) is 5.56 Å². The molecular formula is C23H21N3O. The number of hydrogen-bond acceptors (Lipinski definition) is 4. The first kappa shape index (κ1) is 17.2. The summed E-state index contributed by atoms with van der Waals surface area (Å²) in [6.07, 6.45) is 1.79. The Bertz CT molecular complexity index is 1040. The van der Waals surface area contributed by atoms with E-state index in [1.807, 2.05) is 54.6 Å². The molecule has 0 aliphatic rings. The van der Waals surface area contributed by atoms with E-state index >= 15 is 0 Å². The van der Waals surface area contributed by atoms with Crippen LogP contribution >= 0.6 is 0 Å². The third-order valence-electron chi connectivity index (χ3n) is 4.49. The van der Waals surface area contributed by atoms with Crippen LogP contribution in [0.2, 0.25) is 0 Å². The molecule has 0 saturated carbocycles. The van der Waals surface area contributed by atoms with Gasteiger partial charge >= 0.3 is 0 Å². The molecule has 4 aromatic rings. The Morgan fingerprint density at radius 1 is 0.704 bits per heavy atom. The Morgan fingerprint density at radius 3 is 2.07 bits per heavy atom. The summed E-state index contributed by atoms with van der Waals surface area (Å²) in [7, 11) is 0. The van der Waals surface area contributed by atoms with Crippen LogP contribution in [0.1, 0.15) is 26.3 Å². The Labute approximate surface area is 158 Å². The van der Waals surface area contributed by atoms with Crippen molar-refractivity contribution in [1.82, 2.24) is 15.2 Å². The molecule has 0 unspecified atom stereocenters. The summed E-state index contributed by atoms with van der Waals surface area (Å²) in [5.41, 5.74) is 5.11. The van der Waals surface area contributed by atoms with E-state index in [4.69, 9.17) is 4.42 Å². The van der Waals surface area contributed by atoms with Crippen LogP contribution in [-0.4, -0.2) is 15.2 Å². The predicted molar refractivity (Wildman–Crippen MR) is 107 cm³/mol. The van der Waals surface area contributed by atoms with Gasteiger partial charge in [-0.1, -0.05) is 51.1 Å². The minimum Gasteiger partial charge on any atom is -0.416 e. The maximum Gasteiger partial charge on any atom is 0.248 e. The van der Waals surface area contributed by atoms with Crippen molar-refractivity contribution < 1.29 is 4.42 Å². The molecule has 27 heavy (non-hydrogen) atoms. The van der Waals surface area contributed by atoms with Gasteiger partial charge in [-0.25, -0.2) is 0 Å². The molecule has 0 N–H and O–H groups in total. The van der Waals surface area contributed by atoms with Crippen LogP contribution in [0.4, 0.5) is 0 Å². The fourth-order valence-corrected chi connectivity index (χ4v) is 2.91. The van der Waals surface area contributed by atoms with E-state index in [9.17, 15) is 0 Å². The molecule has 0 amide bonds. The van der Waals surface area contributed by atoms with Gasteiger partial charge in [0.25, 0.3) is 0 Å². The van der Waals surface area contributed by atoms with E-state index in [2.05, 4.69) is 48.1 Å². The zero-order chi connectivity index (χ0) is 18.9. The first-order valence-electron chi connectivity index (χ1n) is 8.97. The highest BCUT2D eigenvalue weighted by Gasteiger charge is 2.15. The maximum absolute atomic E-state index is 5.93. The average Bonchev–Trinajstić information content (AvgIpc) is 3.19. The van der Waals surface area contributed by atoms with E-state index in [-0.39, 0.29) is 5.41 Å². The quantitative estimate of drug-likeness (QED) is 0.468. The molecule has 0 saturated heterocycles. The molecule has 0 radical (unpaired) electrons. The third-order valence-corrected chi connectivity index (χ3v) is 4.49. The summed E-state index contributed by atoms with van der Waals surface area (Å²) < 4.78 is 5.93. The lowest BCUT2D eigenvalue weighted by Gasteiger charge is -2.18. The molecule has 0 fully saturated rings. The van der Waals surface area contributed by atoms with Gasteiger partial charge in [0.2, 0.25) is 11.8 Å². The first-order chi connectivity index (χ1) is 13.0. The Hall–Kier alpha value is -3.27. The zero-order valence-electron chi connectivity index (χ0n) is 15.7. The van der Waals surface area contributed by atoms with Crippen LogP contribution in [0.5, 0.6) is 0 Å². The molecular weight excluding hydrogens is 334 g/mol. The van der Waals surface area contributed by atoms with Crippen LogP contribution in [-0.2, 0) is 5.41 Å². The minimum atomic E-state index is 0.116. The van der Waals surface area contributed by atoms with Crippen molar-refractivity contribution in [2.45, 2.75) is 26.2 Å². The summed E-state index contributed by atoms with van der Waals surface area (Å²) in [5.74, 6) is 1.02. The molecule has 4 rings (SSSR count). The summed E-state index contributed by atoms with van der Waals surface area (Å²) in [6, 6.07) is 22.1. The Balaban J connectivity index is 1.63. The fraction of sp³-hybridized carbons (Fsp3) is 0.174. The van der Waals surface area contributed by atoms with Crippen molar-refractivity contribution in [2.24, 2.45) is 0 Å². The molecule has 4 nitrogen and oxygen atoms in total. The van der Waals surface area contributed by atoms with Crippen molar-refractivity contribution in [2.75, 3.05) is 0 Å². The van der Waals surface area contributed by atoms with Gasteiger partial charge in [-0.3, -0.25) is 4.98 Å². The van der Waals surface area contributed by atoms with Crippen molar-refractivity contribution in [1.29, 1.82) is 0 Å². The van der Waals surface area contributed by atoms with Crippen LogP contribution in [0.15, 0.2) is 77.3 Å². The van der Waals surface area contributed by atoms with Crippen LogP contribution in [0, 0.1) is 0 Å². The molecule has 4 heteroatoms. The first-order valence-corrected chi connectivity index (χ1v) is 8.97. The standard InChI is InChI=1S/C23H21N3O/c1-23(2,3)19-12-10-16(11-13-19)21-25-26-22(27-21)18-8-6-7-17(15-18)20-9-4-5-14-24-20/h4-15H,1-3H3. The highest BCUT2D eigenvalue weighted by atomic mass is 16.4. The number of hydrogen-bond donors (Lipinski definition) is 0. The molecule has 2 aromatic heterocycles. The fourth-order valence-electron chi connectivity index (χ4n) is 2.91. The van der Waals surface area contributed by atoms with Crippen molar-refractivity contribution in [3.8, 4) is 34.2 Å². The molecule has 0 aliphatic carbocycles. The van der Waals surface area contributed by atoms with Crippen LogP contribution in [0.25, 0.3) is 34.2 Å². The number of rotatable bonds is 3. The van der Waals surface area contributed by atoms with Crippen molar-refractivity contribution in [3.63, 3.8) is 0 Å². The highest BCUT2D eigenvalue weighted by molar-refractivity contribution is 5.67. The van der Waals surface area contributed by atoms with Gasteiger partial charge in [0.05, 0.1) is 5.69 Å². The van der Waals surface area contributed by atoms with Gasteiger partial charge < -0.3 is 4.42 Å². The van der Waals surface area contributed by atoms with E-state index in [0.717, 1.165) is 22.4 Å². The molecule has 0 atom stereocenters. The van der Waals surface area contributed by atoms with Gasteiger partial charge in [-0.05, 0) is 47.4 Å². The third kappa shape index (κ3) is 3.65. The van der Waals surface area contributed by atoms with Gasteiger partial charge in [-0.15, -0.1) is 10.2 Å². The van der Waals surface area contributed by atoms with Crippen molar-refractivity contribution in [3.05, 3.63) is 78.5 Å². The van der Waals surface area contributed by atoms with Crippen LogP contribution in [0.3, 0.4) is 0 Å². The van der Waals surface area contributed by atoms with Crippen LogP contribution < -0.4 is 0 Å². The van der Waals surface area contributed by atoms with E-state index < -0.39 is 0 Å². The van der Waals surface area contributed by atoms with Gasteiger partial charge in [-0.2, -0.15) is 0 Å². The zero-order valence-corrected chi connectivity index (χ0v) is 15.7. The summed E-state index contributed by atoms with van der Waals surface area (Å²) in [5, 5.41) is 8.46. The smallest absolute Gasteiger partial charge is 0.248 e. The summed E-state index contributed by atoms with van der Waals surface area (Å²) in [4.78, 5) is 4.40. The molecule has 2 heterocycles. The lowest BCUT2D eigenvalue weighted by molar-refractivity contribution is 0.582. The number of benzene rings is 2. The highest BCUT2D eigenvalue weighted by Crippen LogP contribution is 2.29. The molecule has 134 valence electrons. The van der Waals surface area contributed by atoms with Gasteiger partial charge in [0, 0.05) is 22.9 Å². The number of nitrogens with zero attached hydrogens (tertiary/aromatic N) is 3. The maximum atomic E-state index is 5.93. The molecule has 0 aliphatic heterocycles. The van der Waals surface area contributed by atoms with Gasteiger partial charge in [0.15, 0.2) is 0 Å². The van der Waals surface area contributed by atoms with Crippen molar-refractivity contribution >= 4 is 0 Å². The van der Waals surface area contributed by atoms with E-state index in [0.29, 0.717) is 11.8 Å². The summed E-state index contributed by atoms with van der Waals surface area (Å²) in [6.45, 7) is 6.59. The van der Waals surface area contributed by atoms with E-state index in [1.54, 1.807) is 6.20 Å².